The number of anilines is 1. The highest BCUT2D eigenvalue weighted by Gasteiger charge is 2.28. The second-order valence-corrected chi connectivity index (χ2v) is 9.33. The summed E-state index contributed by atoms with van der Waals surface area (Å²) in [5, 5.41) is 20.4. The third kappa shape index (κ3) is 3.92. The second-order valence-electron chi connectivity index (χ2n) is 9.33. The molecule has 36 heavy (non-hydrogen) atoms. The van der Waals surface area contributed by atoms with Crippen LogP contribution in [0.3, 0.4) is 0 Å². The predicted octanol–water partition coefficient (Wildman–Crippen LogP) is 4.50. The zero-order valence-electron chi connectivity index (χ0n) is 19.6. The number of pyridine rings is 1. The molecule has 9 nitrogen and oxygen atoms in total. The average Bonchev–Trinajstić information content (AvgIpc) is 3.25. The zero-order chi connectivity index (χ0) is 24.8. The largest absolute Gasteiger partial charge is 0.306 e. The van der Waals surface area contributed by atoms with Gasteiger partial charge in [-0.1, -0.05) is 6.07 Å². The second kappa shape index (κ2) is 8.68. The van der Waals surface area contributed by atoms with Crippen molar-refractivity contribution in [3.63, 3.8) is 0 Å². The van der Waals surface area contributed by atoms with Crippen molar-refractivity contribution >= 4 is 11.7 Å². The Balaban J connectivity index is 1.27. The topological polar surface area (TPSA) is 114 Å². The Bertz CT molecular complexity index is 1530. The van der Waals surface area contributed by atoms with Crippen LogP contribution < -0.4 is 5.32 Å². The molecule has 3 aromatic heterocycles. The molecule has 0 saturated heterocycles. The first kappa shape index (κ1) is 22.1. The van der Waals surface area contributed by atoms with E-state index in [1.807, 2.05) is 15.3 Å². The molecular formula is C26H23FN8O. The van der Waals surface area contributed by atoms with Gasteiger partial charge in [-0.3, -0.25) is 4.79 Å². The van der Waals surface area contributed by atoms with Crippen LogP contribution in [0.15, 0.2) is 42.9 Å². The van der Waals surface area contributed by atoms with Gasteiger partial charge in [0.1, 0.15) is 23.2 Å². The van der Waals surface area contributed by atoms with Crippen molar-refractivity contribution in [1.82, 2.24) is 29.3 Å². The summed E-state index contributed by atoms with van der Waals surface area (Å²) >= 11 is 0. The maximum atomic E-state index is 14.9. The zero-order valence-corrected chi connectivity index (χ0v) is 19.6. The van der Waals surface area contributed by atoms with Gasteiger partial charge in [0.25, 0.3) is 5.91 Å². The van der Waals surface area contributed by atoms with Crippen LogP contribution in [0, 0.1) is 24.1 Å². The number of carbonyl (C=O) groups is 1. The summed E-state index contributed by atoms with van der Waals surface area (Å²) in [4.78, 5) is 22.1. The summed E-state index contributed by atoms with van der Waals surface area (Å²) < 4.78 is 18.6. The van der Waals surface area contributed by atoms with Gasteiger partial charge in [0.2, 0.25) is 0 Å². The first-order valence-corrected chi connectivity index (χ1v) is 12.0. The number of amides is 1. The Labute approximate surface area is 206 Å². The molecule has 0 bridgehead atoms. The first-order chi connectivity index (χ1) is 17.5. The van der Waals surface area contributed by atoms with E-state index in [-0.39, 0.29) is 17.4 Å². The fourth-order valence-electron chi connectivity index (χ4n) is 4.76. The van der Waals surface area contributed by atoms with Crippen molar-refractivity contribution in [1.29, 1.82) is 5.26 Å². The molecule has 0 radical (unpaired) electrons. The first-order valence-electron chi connectivity index (χ1n) is 12.0. The lowest BCUT2D eigenvalue weighted by atomic mass is 10.1. The Kier molecular flexibility index (Phi) is 5.33. The lowest BCUT2D eigenvalue weighted by Crippen LogP contribution is -2.16. The van der Waals surface area contributed by atoms with Crippen LogP contribution >= 0.6 is 0 Å². The molecule has 1 aromatic carbocycles. The quantitative estimate of drug-likeness (QED) is 0.433. The summed E-state index contributed by atoms with van der Waals surface area (Å²) in [7, 11) is 0. The SMILES string of the molecule is Cc1cc(F)c(C(=O)Nc2cccc(-c3nnc4n3[C@H](CC#N)CC4)n2)cc1-n1cnc(C2CC2)c1. The number of imidazole rings is 1. The van der Waals surface area contributed by atoms with Crippen LogP contribution in [-0.4, -0.2) is 35.2 Å². The molecule has 1 saturated carbocycles. The average molecular weight is 483 g/mol. The van der Waals surface area contributed by atoms with Crippen molar-refractivity contribution < 1.29 is 9.18 Å². The van der Waals surface area contributed by atoms with Crippen LogP contribution in [0.2, 0.25) is 0 Å². The van der Waals surface area contributed by atoms with Gasteiger partial charge in [-0.2, -0.15) is 5.26 Å². The molecule has 0 spiro atoms. The van der Waals surface area contributed by atoms with E-state index in [0.717, 1.165) is 37.2 Å². The minimum absolute atomic E-state index is 0.00118. The number of halogens is 1. The maximum Gasteiger partial charge on any atom is 0.259 e. The number of aryl methyl sites for hydroxylation is 2. The molecule has 1 atom stereocenters. The number of benzene rings is 1. The van der Waals surface area contributed by atoms with E-state index >= 15 is 0 Å². The number of hydrogen-bond donors (Lipinski definition) is 1. The summed E-state index contributed by atoms with van der Waals surface area (Å²) in [6.45, 7) is 1.80. The highest BCUT2D eigenvalue weighted by Crippen LogP contribution is 2.39. The normalized spacial score (nSPS) is 16.5. The van der Waals surface area contributed by atoms with Gasteiger partial charge < -0.3 is 14.5 Å². The molecule has 1 aliphatic carbocycles. The van der Waals surface area contributed by atoms with E-state index in [1.165, 1.54) is 6.07 Å². The minimum Gasteiger partial charge on any atom is -0.306 e. The van der Waals surface area contributed by atoms with E-state index in [0.29, 0.717) is 35.1 Å². The molecular weight excluding hydrogens is 459 g/mol. The van der Waals surface area contributed by atoms with Crippen LogP contribution in [0.25, 0.3) is 17.2 Å². The van der Waals surface area contributed by atoms with Gasteiger partial charge in [-0.25, -0.2) is 14.4 Å². The van der Waals surface area contributed by atoms with E-state index in [2.05, 4.69) is 31.6 Å². The molecule has 1 N–H and O–H groups in total. The Morgan fingerprint density at radius 3 is 2.92 bits per heavy atom. The third-order valence-electron chi connectivity index (χ3n) is 6.79. The fourth-order valence-corrected chi connectivity index (χ4v) is 4.76. The number of carbonyl (C=O) groups excluding carboxylic acids is 1. The molecule has 1 amide bonds. The number of nitriles is 1. The minimum atomic E-state index is -0.609. The van der Waals surface area contributed by atoms with Crippen molar-refractivity contribution in [2.24, 2.45) is 0 Å². The standard InChI is InChI=1S/C26H23FN8O/c1-15-11-19(27)18(12-22(15)34-13-21(29-14-34)16-5-6-16)26(36)31-23-4-2-3-20(30-23)25-33-32-24-8-7-17(9-10-28)35(24)25/h2-4,11-14,16-17H,5-9H2,1H3,(H,30,31,36)/t17-/m0/s1. The summed E-state index contributed by atoms with van der Waals surface area (Å²) in [6, 6.07) is 10.3. The lowest BCUT2D eigenvalue weighted by Gasteiger charge is -2.13. The van der Waals surface area contributed by atoms with Crippen molar-refractivity contribution in [2.75, 3.05) is 5.32 Å². The molecule has 4 heterocycles. The summed E-state index contributed by atoms with van der Waals surface area (Å²) in [5.41, 5.74) is 2.86. The summed E-state index contributed by atoms with van der Waals surface area (Å²) in [5.74, 6) is 0.922. The van der Waals surface area contributed by atoms with Gasteiger partial charge in [0.15, 0.2) is 5.82 Å². The van der Waals surface area contributed by atoms with E-state index in [9.17, 15) is 9.18 Å². The highest BCUT2D eigenvalue weighted by molar-refractivity contribution is 6.04. The van der Waals surface area contributed by atoms with Crippen LogP contribution in [0.4, 0.5) is 10.2 Å². The Morgan fingerprint density at radius 2 is 2.11 bits per heavy atom. The van der Waals surface area contributed by atoms with Gasteiger partial charge in [-0.05, 0) is 56.0 Å². The van der Waals surface area contributed by atoms with E-state index in [1.54, 1.807) is 37.5 Å². The fraction of sp³-hybridized carbons (Fsp3) is 0.308. The number of hydrogen-bond acceptors (Lipinski definition) is 6. The van der Waals surface area contributed by atoms with Crippen LogP contribution in [0.1, 0.15) is 65.1 Å². The number of fused-ring (bicyclic) bond motifs is 1. The lowest BCUT2D eigenvalue weighted by molar-refractivity contribution is 0.102. The van der Waals surface area contributed by atoms with Gasteiger partial charge in [-0.15, -0.1) is 10.2 Å². The predicted molar refractivity (Wildman–Crippen MR) is 129 cm³/mol. The number of aromatic nitrogens is 6. The molecule has 10 heteroatoms. The number of nitrogens with zero attached hydrogens (tertiary/aromatic N) is 7. The molecule has 0 unspecified atom stereocenters. The highest BCUT2D eigenvalue weighted by atomic mass is 19.1. The monoisotopic (exact) mass is 482 g/mol. The maximum absolute atomic E-state index is 14.9. The van der Waals surface area contributed by atoms with Crippen molar-refractivity contribution in [3.8, 4) is 23.3 Å². The number of nitrogens with one attached hydrogen (secondary N) is 1. The van der Waals surface area contributed by atoms with Gasteiger partial charge >= 0.3 is 0 Å². The molecule has 1 fully saturated rings. The van der Waals surface area contributed by atoms with Crippen LogP contribution in [-0.2, 0) is 6.42 Å². The van der Waals surface area contributed by atoms with Crippen LogP contribution in [0.5, 0.6) is 0 Å². The van der Waals surface area contributed by atoms with Crippen molar-refractivity contribution in [3.05, 3.63) is 71.3 Å². The van der Waals surface area contributed by atoms with Gasteiger partial charge in [0, 0.05) is 18.5 Å². The molecule has 4 aromatic rings. The smallest absolute Gasteiger partial charge is 0.259 e. The number of rotatable bonds is 6. The summed E-state index contributed by atoms with van der Waals surface area (Å²) in [6.07, 6.45) is 7.87. The Morgan fingerprint density at radius 1 is 1.25 bits per heavy atom. The van der Waals surface area contributed by atoms with Crippen molar-refractivity contribution in [2.45, 2.75) is 51.0 Å². The Hall–Kier alpha value is -4.39. The third-order valence-corrected chi connectivity index (χ3v) is 6.79. The van der Waals surface area contributed by atoms with Gasteiger partial charge in [0.05, 0.1) is 41.8 Å². The molecule has 180 valence electrons. The molecule has 1 aliphatic heterocycles. The molecule has 6 rings (SSSR count). The van der Waals surface area contributed by atoms with E-state index < -0.39 is 11.7 Å². The molecule has 2 aliphatic rings. The van der Waals surface area contributed by atoms with E-state index in [4.69, 9.17) is 5.26 Å².